The highest BCUT2D eigenvalue weighted by Crippen LogP contribution is 2.34. The third-order valence-corrected chi connectivity index (χ3v) is 5.46. The molecule has 0 radical (unpaired) electrons. The van der Waals surface area contributed by atoms with Crippen LogP contribution in [0.2, 0.25) is 0 Å². The molecular weight excluding hydrogens is 384 g/mol. The number of amides is 1. The van der Waals surface area contributed by atoms with Crippen LogP contribution in [-0.4, -0.2) is 25.8 Å². The Morgan fingerprint density at radius 3 is 2.66 bits per heavy atom. The van der Waals surface area contributed by atoms with Crippen molar-refractivity contribution in [2.45, 2.75) is 6.92 Å². The molecule has 0 spiro atoms. The number of rotatable bonds is 4. The number of carbonyl (C=O) groups excluding carboxylic acids is 1. The van der Waals surface area contributed by atoms with Crippen LogP contribution in [-0.2, 0) is 4.79 Å². The van der Waals surface area contributed by atoms with Gasteiger partial charge in [-0.3, -0.25) is 4.79 Å². The normalized spacial score (nSPS) is 11.1. The number of hydrogen-bond donors (Lipinski definition) is 3. The summed E-state index contributed by atoms with van der Waals surface area (Å²) in [6, 6.07) is 15.7. The second-order valence-corrected chi connectivity index (χ2v) is 7.45. The lowest BCUT2D eigenvalue weighted by Crippen LogP contribution is -2.05. The number of carbonyl (C=O) groups is 1. The van der Waals surface area contributed by atoms with Gasteiger partial charge in [0.05, 0.1) is 0 Å². The van der Waals surface area contributed by atoms with Crippen molar-refractivity contribution in [1.82, 2.24) is 19.9 Å². The molecule has 1 amide bonds. The Morgan fingerprint density at radius 1 is 1.03 bits per heavy atom. The zero-order valence-corrected chi connectivity index (χ0v) is 16.2. The number of nitrogens with zero attached hydrogens (tertiary/aromatic N) is 3. The maximum atomic E-state index is 11.2. The van der Waals surface area contributed by atoms with Gasteiger partial charge in [0.1, 0.15) is 17.7 Å². The van der Waals surface area contributed by atoms with E-state index in [0.29, 0.717) is 11.5 Å². The largest absolute Gasteiger partial charge is 0.338 e. The lowest BCUT2D eigenvalue weighted by molar-refractivity contribution is -0.114. The van der Waals surface area contributed by atoms with Gasteiger partial charge < -0.3 is 15.6 Å². The lowest BCUT2D eigenvalue weighted by atomic mass is 10.2. The molecule has 0 aliphatic heterocycles. The molecule has 0 atom stereocenters. The van der Waals surface area contributed by atoms with E-state index in [0.717, 1.165) is 33.7 Å². The molecule has 0 fully saturated rings. The fourth-order valence-corrected chi connectivity index (χ4v) is 4.13. The van der Waals surface area contributed by atoms with E-state index in [9.17, 15) is 4.79 Å². The van der Waals surface area contributed by atoms with Crippen molar-refractivity contribution in [3.05, 3.63) is 60.2 Å². The van der Waals surface area contributed by atoms with E-state index >= 15 is 0 Å². The second-order valence-electron chi connectivity index (χ2n) is 6.54. The molecule has 0 saturated carbocycles. The SMILES string of the molecule is CC(=O)Nc1ccc(Nc2ncnc3nc(-c4csc5ccccc45)[nH]c23)cc1. The Kier molecular flexibility index (Phi) is 4.18. The standard InChI is InChI=1S/C21H16N6OS/c1-12(28)24-13-6-8-14(9-7-13)25-20-18-21(23-11-22-20)27-19(26-18)16-10-29-17-5-3-2-4-15(16)17/h2-11H,1H3,(H,24,28)(H2,22,23,25,26,27). The number of hydrogen-bond acceptors (Lipinski definition) is 6. The Morgan fingerprint density at radius 2 is 1.83 bits per heavy atom. The molecule has 0 aliphatic carbocycles. The molecule has 0 aliphatic rings. The highest BCUT2D eigenvalue weighted by molar-refractivity contribution is 7.17. The Balaban J connectivity index is 1.50. The van der Waals surface area contributed by atoms with Crippen LogP contribution in [0.3, 0.4) is 0 Å². The van der Waals surface area contributed by atoms with Gasteiger partial charge in [-0.25, -0.2) is 15.0 Å². The Hall–Kier alpha value is -3.78. The fourth-order valence-electron chi connectivity index (χ4n) is 3.19. The molecule has 0 bridgehead atoms. The fraction of sp³-hybridized carbons (Fsp3) is 0.0476. The summed E-state index contributed by atoms with van der Waals surface area (Å²) in [6.45, 7) is 1.48. The lowest BCUT2D eigenvalue weighted by Gasteiger charge is -2.07. The predicted octanol–water partition coefficient (Wildman–Crippen LogP) is 4.94. The molecule has 3 N–H and O–H groups in total. The average molecular weight is 400 g/mol. The number of thiophene rings is 1. The molecule has 0 unspecified atom stereocenters. The minimum atomic E-state index is -0.103. The molecule has 142 valence electrons. The predicted molar refractivity (Wildman–Crippen MR) is 117 cm³/mol. The van der Waals surface area contributed by atoms with E-state index in [1.54, 1.807) is 11.3 Å². The number of fused-ring (bicyclic) bond motifs is 2. The van der Waals surface area contributed by atoms with Crippen LogP contribution in [0.15, 0.2) is 60.2 Å². The first-order valence-electron chi connectivity index (χ1n) is 8.99. The molecule has 3 heterocycles. The summed E-state index contributed by atoms with van der Waals surface area (Å²) in [4.78, 5) is 27.9. The number of aromatic amines is 1. The molecule has 7 nitrogen and oxygen atoms in total. The smallest absolute Gasteiger partial charge is 0.221 e. The Bertz CT molecular complexity index is 1340. The number of aromatic nitrogens is 4. The first-order chi connectivity index (χ1) is 14.2. The topological polar surface area (TPSA) is 95.6 Å². The van der Waals surface area contributed by atoms with E-state index in [1.807, 2.05) is 36.4 Å². The summed E-state index contributed by atoms with van der Waals surface area (Å²) in [7, 11) is 0. The van der Waals surface area contributed by atoms with E-state index in [4.69, 9.17) is 0 Å². The van der Waals surface area contributed by atoms with Crippen molar-refractivity contribution in [3.8, 4) is 11.4 Å². The monoisotopic (exact) mass is 400 g/mol. The number of nitrogens with one attached hydrogen (secondary N) is 3. The first-order valence-corrected chi connectivity index (χ1v) is 9.87. The van der Waals surface area contributed by atoms with E-state index in [2.05, 4.69) is 48.1 Å². The first kappa shape index (κ1) is 17.3. The summed E-state index contributed by atoms with van der Waals surface area (Å²) in [6.07, 6.45) is 1.49. The Labute approximate surface area is 169 Å². The highest BCUT2D eigenvalue weighted by atomic mass is 32.1. The van der Waals surface area contributed by atoms with Crippen LogP contribution >= 0.6 is 11.3 Å². The summed E-state index contributed by atoms with van der Waals surface area (Å²) < 4.78 is 1.21. The van der Waals surface area contributed by atoms with Crippen LogP contribution < -0.4 is 10.6 Å². The maximum absolute atomic E-state index is 11.2. The molecule has 29 heavy (non-hydrogen) atoms. The number of benzene rings is 2. The zero-order chi connectivity index (χ0) is 19.8. The van der Waals surface area contributed by atoms with E-state index in [1.165, 1.54) is 18.0 Å². The van der Waals surface area contributed by atoms with Gasteiger partial charge in [0.25, 0.3) is 0 Å². The minimum Gasteiger partial charge on any atom is -0.338 e. The summed E-state index contributed by atoms with van der Waals surface area (Å²) in [5.41, 5.74) is 3.97. The van der Waals surface area contributed by atoms with Gasteiger partial charge in [-0.15, -0.1) is 11.3 Å². The van der Waals surface area contributed by atoms with E-state index < -0.39 is 0 Å². The molecule has 5 aromatic rings. The van der Waals surface area contributed by atoms with Gasteiger partial charge >= 0.3 is 0 Å². The summed E-state index contributed by atoms with van der Waals surface area (Å²) >= 11 is 1.69. The minimum absolute atomic E-state index is 0.103. The molecular formula is C21H16N6OS. The third-order valence-electron chi connectivity index (χ3n) is 4.49. The van der Waals surface area contributed by atoms with E-state index in [-0.39, 0.29) is 5.91 Å². The van der Waals surface area contributed by atoms with Crippen molar-refractivity contribution < 1.29 is 4.79 Å². The van der Waals surface area contributed by atoms with Crippen molar-refractivity contribution in [1.29, 1.82) is 0 Å². The van der Waals surface area contributed by atoms with Crippen molar-refractivity contribution in [2.75, 3.05) is 10.6 Å². The average Bonchev–Trinajstić information content (AvgIpc) is 3.33. The second kappa shape index (κ2) is 6.99. The van der Waals surface area contributed by atoms with Gasteiger partial charge in [0.15, 0.2) is 11.5 Å². The number of H-pyrrole nitrogens is 1. The van der Waals surface area contributed by atoms with Gasteiger partial charge in [-0.1, -0.05) is 18.2 Å². The molecule has 5 rings (SSSR count). The van der Waals surface area contributed by atoms with Gasteiger partial charge in [0, 0.05) is 39.3 Å². The molecule has 8 heteroatoms. The highest BCUT2D eigenvalue weighted by Gasteiger charge is 2.14. The molecule has 3 aromatic heterocycles. The number of anilines is 3. The van der Waals surface area contributed by atoms with Crippen molar-refractivity contribution in [3.63, 3.8) is 0 Å². The zero-order valence-electron chi connectivity index (χ0n) is 15.4. The van der Waals surface area contributed by atoms with Crippen LogP contribution in [0.5, 0.6) is 0 Å². The van der Waals surface area contributed by atoms with Crippen LogP contribution in [0.1, 0.15) is 6.92 Å². The van der Waals surface area contributed by atoms with Crippen molar-refractivity contribution in [2.24, 2.45) is 0 Å². The number of imidazole rings is 1. The van der Waals surface area contributed by atoms with Gasteiger partial charge in [-0.05, 0) is 30.3 Å². The van der Waals surface area contributed by atoms with Gasteiger partial charge in [0.2, 0.25) is 5.91 Å². The quantitative estimate of drug-likeness (QED) is 0.397. The molecule has 0 saturated heterocycles. The van der Waals surface area contributed by atoms with Crippen LogP contribution in [0, 0.1) is 0 Å². The van der Waals surface area contributed by atoms with Crippen molar-refractivity contribution >= 4 is 55.7 Å². The maximum Gasteiger partial charge on any atom is 0.221 e. The van der Waals surface area contributed by atoms with Gasteiger partial charge in [-0.2, -0.15) is 0 Å². The van der Waals surface area contributed by atoms with Crippen LogP contribution in [0.4, 0.5) is 17.2 Å². The molecule has 2 aromatic carbocycles. The summed E-state index contributed by atoms with van der Waals surface area (Å²) in [5, 5.41) is 9.30. The summed E-state index contributed by atoms with van der Waals surface area (Å²) in [5.74, 6) is 1.30. The third kappa shape index (κ3) is 3.30. The van der Waals surface area contributed by atoms with Crippen LogP contribution in [0.25, 0.3) is 32.6 Å².